The number of anilines is 1. The van der Waals surface area contributed by atoms with Gasteiger partial charge in [-0.3, -0.25) is 0 Å². The summed E-state index contributed by atoms with van der Waals surface area (Å²) in [6.45, 7) is 23.3. The highest BCUT2D eigenvalue weighted by Gasteiger charge is 2.28. The number of hydrogen-bond acceptors (Lipinski definition) is 3. The highest BCUT2D eigenvalue weighted by molar-refractivity contribution is 5.48. The number of rotatable bonds is 15. The molecule has 3 aromatic rings. The lowest BCUT2D eigenvalue weighted by Crippen LogP contribution is -2.27. The van der Waals surface area contributed by atoms with Crippen molar-refractivity contribution in [3.63, 3.8) is 0 Å². The predicted octanol–water partition coefficient (Wildman–Crippen LogP) is 9.55. The quantitative estimate of drug-likeness (QED) is 0.202. The van der Waals surface area contributed by atoms with E-state index in [-0.39, 0.29) is 22.3 Å². The summed E-state index contributed by atoms with van der Waals surface area (Å²) in [6, 6.07) is 26.8. The molecule has 0 unspecified atom stereocenters. The van der Waals surface area contributed by atoms with E-state index in [4.69, 9.17) is 10.5 Å². The lowest BCUT2D eigenvalue weighted by molar-refractivity contribution is 0.241. The van der Waals surface area contributed by atoms with Gasteiger partial charge in [0.2, 0.25) is 0 Å². The predicted molar refractivity (Wildman–Crippen MR) is 178 cm³/mol. The lowest BCUT2D eigenvalue weighted by atomic mass is 9.73. The summed E-state index contributed by atoms with van der Waals surface area (Å²) in [5.41, 5.74) is 12.9. The second-order valence-electron chi connectivity index (χ2n) is 14.0. The summed E-state index contributed by atoms with van der Waals surface area (Å²) >= 11 is 0. The molecule has 41 heavy (non-hydrogen) atoms. The van der Waals surface area contributed by atoms with Gasteiger partial charge in [0.1, 0.15) is 5.75 Å². The first kappa shape index (κ1) is 32.7. The molecule has 0 bridgehead atoms. The minimum atomic E-state index is 0.0754. The zero-order valence-electron chi connectivity index (χ0n) is 27.4. The second-order valence-corrected chi connectivity index (χ2v) is 14.0. The summed E-state index contributed by atoms with van der Waals surface area (Å²) in [7, 11) is 0. The first-order chi connectivity index (χ1) is 19.3. The van der Waals surface area contributed by atoms with Crippen LogP contribution in [0, 0.1) is 0 Å². The van der Waals surface area contributed by atoms with Crippen molar-refractivity contribution < 1.29 is 4.74 Å². The van der Waals surface area contributed by atoms with E-state index in [1.54, 1.807) is 0 Å². The van der Waals surface area contributed by atoms with E-state index < -0.39 is 0 Å². The van der Waals surface area contributed by atoms with Crippen molar-refractivity contribution in [3.05, 3.63) is 95.1 Å². The maximum absolute atomic E-state index is 5.97. The second kappa shape index (κ2) is 13.9. The molecule has 0 aliphatic carbocycles. The Morgan fingerprint density at radius 1 is 0.707 bits per heavy atom. The molecular formula is C38H56N2O. The molecule has 3 heteroatoms. The number of nitrogens with zero attached hydrogens (tertiary/aromatic N) is 1. The van der Waals surface area contributed by atoms with E-state index in [9.17, 15) is 0 Å². The van der Waals surface area contributed by atoms with Crippen LogP contribution >= 0.6 is 0 Å². The first-order valence-corrected chi connectivity index (χ1v) is 15.7. The first-order valence-electron chi connectivity index (χ1n) is 15.7. The minimum Gasteiger partial charge on any atom is -0.491 e. The van der Waals surface area contributed by atoms with Crippen LogP contribution < -0.4 is 15.4 Å². The average molecular weight is 557 g/mol. The summed E-state index contributed by atoms with van der Waals surface area (Å²) in [5.74, 6) is 0.963. The smallest absolute Gasteiger partial charge is 0.119 e. The third kappa shape index (κ3) is 9.10. The normalized spacial score (nSPS) is 12.6. The molecule has 0 fully saturated rings. The van der Waals surface area contributed by atoms with Crippen molar-refractivity contribution in [1.82, 2.24) is 0 Å². The van der Waals surface area contributed by atoms with Gasteiger partial charge < -0.3 is 15.4 Å². The highest BCUT2D eigenvalue weighted by Crippen LogP contribution is 2.37. The third-order valence-corrected chi connectivity index (χ3v) is 8.93. The van der Waals surface area contributed by atoms with Gasteiger partial charge in [0, 0.05) is 25.3 Å². The Morgan fingerprint density at radius 3 is 1.85 bits per heavy atom. The van der Waals surface area contributed by atoms with Gasteiger partial charge in [0.15, 0.2) is 0 Å². The van der Waals surface area contributed by atoms with Crippen LogP contribution in [0.15, 0.2) is 72.8 Å². The van der Waals surface area contributed by atoms with Gasteiger partial charge in [-0.1, -0.05) is 90.1 Å². The Balaban J connectivity index is 1.60. The molecule has 0 amide bonds. The van der Waals surface area contributed by atoms with Crippen LogP contribution in [0.2, 0.25) is 0 Å². The van der Waals surface area contributed by atoms with E-state index in [0.717, 1.165) is 44.5 Å². The Hall–Kier alpha value is -2.78. The van der Waals surface area contributed by atoms with Crippen molar-refractivity contribution in [3.8, 4) is 5.75 Å². The average Bonchev–Trinajstić information content (AvgIpc) is 2.94. The zero-order valence-corrected chi connectivity index (χ0v) is 27.4. The van der Waals surface area contributed by atoms with Crippen LogP contribution in [0.4, 0.5) is 5.69 Å². The Labute approximate surface area is 251 Å². The fourth-order valence-corrected chi connectivity index (χ4v) is 5.74. The molecule has 0 aromatic heterocycles. The number of hydrogen-bond donors (Lipinski definition) is 1. The van der Waals surface area contributed by atoms with Crippen molar-refractivity contribution in [2.45, 2.75) is 117 Å². The van der Waals surface area contributed by atoms with Crippen molar-refractivity contribution in [2.75, 3.05) is 18.0 Å². The van der Waals surface area contributed by atoms with Crippen LogP contribution in [0.1, 0.15) is 110 Å². The molecule has 3 nitrogen and oxygen atoms in total. The lowest BCUT2D eigenvalue weighted by Gasteiger charge is -2.33. The maximum atomic E-state index is 5.97. The summed E-state index contributed by atoms with van der Waals surface area (Å²) < 4.78 is 5.97. The van der Waals surface area contributed by atoms with Gasteiger partial charge in [-0.2, -0.15) is 0 Å². The van der Waals surface area contributed by atoms with E-state index in [2.05, 4.69) is 140 Å². The number of ether oxygens (including phenoxy) is 1. The Bertz CT molecular complexity index is 1220. The van der Waals surface area contributed by atoms with Gasteiger partial charge in [-0.05, 0) is 109 Å². The fourth-order valence-electron chi connectivity index (χ4n) is 5.74. The molecule has 0 saturated heterocycles. The molecule has 0 saturated carbocycles. The molecule has 0 heterocycles. The van der Waals surface area contributed by atoms with Crippen LogP contribution in [0.3, 0.4) is 0 Å². The molecule has 0 spiro atoms. The Kier molecular flexibility index (Phi) is 11.1. The molecule has 0 radical (unpaired) electrons. The van der Waals surface area contributed by atoms with Gasteiger partial charge in [-0.25, -0.2) is 0 Å². The van der Waals surface area contributed by atoms with Crippen molar-refractivity contribution in [2.24, 2.45) is 5.73 Å². The summed E-state index contributed by atoms with van der Waals surface area (Å²) in [4.78, 5) is 2.51. The Morgan fingerprint density at radius 2 is 1.27 bits per heavy atom. The van der Waals surface area contributed by atoms with Gasteiger partial charge in [0.25, 0.3) is 0 Å². The van der Waals surface area contributed by atoms with Gasteiger partial charge >= 0.3 is 0 Å². The van der Waals surface area contributed by atoms with Crippen molar-refractivity contribution in [1.29, 1.82) is 0 Å². The number of nitrogens with two attached hydrogens (primary N) is 1. The molecule has 3 rings (SSSR count). The zero-order chi connectivity index (χ0) is 30.3. The third-order valence-electron chi connectivity index (χ3n) is 8.93. The molecule has 3 aromatic carbocycles. The highest BCUT2D eigenvalue weighted by atomic mass is 16.5. The van der Waals surface area contributed by atoms with Crippen LogP contribution in [0.25, 0.3) is 0 Å². The maximum Gasteiger partial charge on any atom is 0.119 e. The molecule has 224 valence electrons. The standard InChI is InChI=1S/C38H56N2O/c1-10-40(25-13-22-36(4,5)32-15-11-14-30(26-32)28-39)34-20-18-31(19-21-34)37(6,7)23-24-38(8,9)33-16-12-17-35(27-33)41-29(2)3/h11-12,14-21,26-27,29H,10,13,22-25,28,39H2,1-9H3. The van der Waals surface area contributed by atoms with Crippen molar-refractivity contribution >= 4 is 5.69 Å². The SMILES string of the molecule is CCN(CCCC(C)(C)c1cccc(CN)c1)c1ccc(C(C)(C)CCC(C)(C)c2cccc(OC(C)C)c2)cc1. The van der Waals surface area contributed by atoms with Crippen LogP contribution in [-0.4, -0.2) is 19.2 Å². The monoisotopic (exact) mass is 556 g/mol. The van der Waals surface area contributed by atoms with E-state index >= 15 is 0 Å². The molecule has 2 N–H and O–H groups in total. The topological polar surface area (TPSA) is 38.5 Å². The molecule has 0 atom stereocenters. The molecule has 0 aliphatic rings. The molecular weight excluding hydrogens is 500 g/mol. The van der Waals surface area contributed by atoms with E-state index in [1.165, 1.54) is 27.9 Å². The fraction of sp³-hybridized carbons (Fsp3) is 0.526. The van der Waals surface area contributed by atoms with E-state index in [0.29, 0.717) is 6.54 Å². The van der Waals surface area contributed by atoms with Gasteiger partial charge in [0.05, 0.1) is 6.10 Å². The molecule has 0 aliphatic heterocycles. The summed E-state index contributed by atoms with van der Waals surface area (Å²) in [5, 5.41) is 0. The number of benzene rings is 3. The largest absolute Gasteiger partial charge is 0.491 e. The summed E-state index contributed by atoms with van der Waals surface area (Å²) in [6.07, 6.45) is 4.71. The van der Waals surface area contributed by atoms with Crippen LogP contribution in [0.5, 0.6) is 5.75 Å². The van der Waals surface area contributed by atoms with Crippen LogP contribution in [-0.2, 0) is 22.8 Å². The van der Waals surface area contributed by atoms with E-state index in [1.807, 2.05) is 0 Å². The van der Waals surface area contributed by atoms with Gasteiger partial charge in [-0.15, -0.1) is 0 Å². The minimum absolute atomic E-state index is 0.0754.